The van der Waals surface area contributed by atoms with Crippen molar-refractivity contribution < 1.29 is 29.0 Å². The molecule has 34 heavy (non-hydrogen) atoms. The monoisotopic (exact) mass is 473 g/mol. The Balaban J connectivity index is 1.67. The fourth-order valence-corrected chi connectivity index (χ4v) is 5.34. The Labute approximate surface area is 202 Å². The van der Waals surface area contributed by atoms with Gasteiger partial charge in [0.1, 0.15) is 12.7 Å². The molecule has 7 heteroatoms. The number of amides is 1. The van der Waals surface area contributed by atoms with E-state index in [-0.39, 0.29) is 31.1 Å². The van der Waals surface area contributed by atoms with E-state index in [9.17, 15) is 19.5 Å². The Hall–Kier alpha value is -2.57. The number of hydrogen-bond acceptors (Lipinski definition) is 5. The predicted molar refractivity (Wildman–Crippen MR) is 128 cm³/mol. The Morgan fingerprint density at radius 3 is 2.50 bits per heavy atom. The van der Waals surface area contributed by atoms with E-state index in [1.54, 1.807) is 4.90 Å². The zero-order valence-electron chi connectivity index (χ0n) is 20.9. The minimum absolute atomic E-state index is 0.0101. The van der Waals surface area contributed by atoms with Gasteiger partial charge in [-0.15, -0.1) is 0 Å². The maximum Gasteiger partial charge on any atom is 0.410 e. The number of nitrogens with zero attached hydrogens (tertiary/aromatic N) is 1. The molecular weight excluding hydrogens is 434 g/mol. The van der Waals surface area contributed by atoms with Crippen LogP contribution in [-0.2, 0) is 25.7 Å². The topological polar surface area (TPSA) is 93.1 Å². The summed E-state index contributed by atoms with van der Waals surface area (Å²) in [4.78, 5) is 39.9. The van der Waals surface area contributed by atoms with Gasteiger partial charge in [0, 0.05) is 12.6 Å². The molecule has 3 rings (SSSR count). The Bertz CT molecular complexity index is 856. The van der Waals surface area contributed by atoms with E-state index in [1.807, 2.05) is 30.3 Å². The highest BCUT2D eigenvalue weighted by Crippen LogP contribution is 2.38. The second-order valence-corrected chi connectivity index (χ2v) is 10.6. The number of carbonyl (C=O) groups excluding carboxylic acids is 2. The minimum atomic E-state index is -1.73. The molecule has 7 nitrogen and oxygen atoms in total. The third-order valence-corrected chi connectivity index (χ3v) is 7.60. The summed E-state index contributed by atoms with van der Waals surface area (Å²) < 4.78 is 11.4. The summed E-state index contributed by atoms with van der Waals surface area (Å²) in [5, 5.41) is 10.1. The molecule has 1 heterocycles. The lowest BCUT2D eigenvalue weighted by Gasteiger charge is -2.38. The highest BCUT2D eigenvalue weighted by molar-refractivity contribution is 5.98. The first kappa shape index (κ1) is 26.0. The first-order valence-electron chi connectivity index (χ1n) is 12.5. The zero-order chi connectivity index (χ0) is 24.9. The number of ether oxygens (including phenoxy) is 2. The number of hydrogen-bond donors (Lipinski definition) is 1. The Kier molecular flexibility index (Phi) is 8.61. The number of carboxylic acid groups (broad SMARTS) is 1. The SMILES string of the molecule is CC(C)[C@@H]1CC[C@@H](C)C[C@@H]1OC(=O)C(C)(CC1CCCN1C(=O)OCc1ccccc1)C(=O)O. The van der Waals surface area contributed by atoms with Crippen LogP contribution < -0.4 is 0 Å². The summed E-state index contributed by atoms with van der Waals surface area (Å²) in [5.41, 5.74) is -0.846. The lowest BCUT2D eigenvalue weighted by molar-refractivity contribution is -0.177. The second-order valence-electron chi connectivity index (χ2n) is 10.6. The first-order valence-corrected chi connectivity index (χ1v) is 12.5. The van der Waals surface area contributed by atoms with Gasteiger partial charge in [-0.05, 0) is 62.3 Å². The molecule has 188 valence electrons. The first-order chi connectivity index (χ1) is 16.1. The fraction of sp³-hybridized carbons (Fsp3) is 0.667. The standard InChI is InChI=1S/C27H39NO6/c1-18(2)22-13-12-19(3)15-23(22)34-25(31)27(4,24(29)30)16-21-11-8-14-28(21)26(32)33-17-20-9-6-5-7-10-20/h5-7,9-10,18-19,21-23H,8,11-17H2,1-4H3,(H,29,30)/t19-,21?,22+,23+,27?/m1/s1. The van der Waals surface area contributed by atoms with Crippen LogP contribution in [-0.4, -0.2) is 46.7 Å². The maximum atomic E-state index is 13.3. The third kappa shape index (κ3) is 6.10. The average molecular weight is 474 g/mol. The molecule has 1 aliphatic carbocycles. The van der Waals surface area contributed by atoms with Gasteiger partial charge in [-0.3, -0.25) is 9.59 Å². The smallest absolute Gasteiger partial charge is 0.410 e. The molecular formula is C27H39NO6. The number of aliphatic carboxylic acids is 1. The molecule has 1 saturated carbocycles. The minimum Gasteiger partial charge on any atom is -0.480 e. The van der Waals surface area contributed by atoms with Crippen molar-refractivity contribution in [1.29, 1.82) is 0 Å². The summed E-state index contributed by atoms with van der Waals surface area (Å²) in [7, 11) is 0. The molecule has 1 amide bonds. The molecule has 1 aromatic carbocycles. The molecule has 2 fully saturated rings. The van der Waals surface area contributed by atoms with Crippen molar-refractivity contribution in [3.8, 4) is 0 Å². The number of carbonyl (C=O) groups is 3. The molecule has 1 aromatic rings. The fourth-order valence-electron chi connectivity index (χ4n) is 5.34. The quantitative estimate of drug-likeness (QED) is 0.408. The van der Waals surface area contributed by atoms with Gasteiger partial charge in [0.25, 0.3) is 0 Å². The summed E-state index contributed by atoms with van der Waals surface area (Å²) in [5.74, 6) is -0.893. The van der Waals surface area contributed by atoms with Crippen LogP contribution in [0.4, 0.5) is 4.79 Å². The Morgan fingerprint density at radius 1 is 1.15 bits per heavy atom. The number of likely N-dealkylation sites (tertiary alicyclic amines) is 1. The summed E-state index contributed by atoms with van der Waals surface area (Å²) in [6.45, 7) is 8.45. The highest BCUT2D eigenvalue weighted by atomic mass is 16.6. The zero-order valence-corrected chi connectivity index (χ0v) is 20.9. The van der Waals surface area contributed by atoms with Crippen LogP contribution in [0, 0.1) is 23.2 Å². The van der Waals surface area contributed by atoms with Gasteiger partial charge in [0.15, 0.2) is 5.41 Å². The molecule has 5 atom stereocenters. The lowest BCUT2D eigenvalue weighted by Crippen LogP contribution is -2.47. The molecule has 0 aromatic heterocycles. The largest absolute Gasteiger partial charge is 0.480 e. The van der Waals surface area contributed by atoms with Gasteiger partial charge in [0.05, 0.1) is 0 Å². The molecule has 0 bridgehead atoms. The molecule has 0 spiro atoms. The van der Waals surface area contributed by atoms with Crippen LogP contribution in [0.25, 0.3) is 0 Å². The van der Waals surface area contributed by atoms with E-state index in [0.29, 0.717) is 24.8 Å². The number of carboxylic acids is 1. The van der Waals surface area contributed by atoms with Gasteiger partial charge >= 0.3 is 18.0 Å². The van der Waals surface area contributed by atoms with E-state index in [4.69, 9.17) is 9.47 Å². The van der Waals surface area contributed by atoms with Gasteiger partial charge in [-0.25, -0.2) is 4.79 Å². The second kappa shape index (κ2) is 11.2. The van der Waals surface area contributed by atoms with Crippen molar-refractivity contribution >= 4 is 18.0 Å². The van der Waals surface area contributed by atoms with Crippen molar-refractivity contribution in [3.05, 3.63) is 35.9 Å². The summed E-state index contributed by atoms with van der Waals surface area (Å²) >= 11 is 0. The van der Waals surface area contributed by atoms with E-state index in [2.05, 4.69) is 20.8 Å². The Morgan fingerprint density at radius 2 is 1.85 bits per heavy atom. The van der Waals surface area contributed by atoms with Crippen molar-refractivity contribution in [2.45, 2.75) is 85.0 Å². The van der Waals surface area contributed by atoms with Crippen molar-refractivity contribution in [1.82, 2.24) is 4.90 Å². The maximum absolute atomic E-state index is 13.3. The summed E-state index contributed by atoms with van der Waals surface area (Å²) in [6.07, 6.45) is 3.46. The van der Waals surface area contributed by atoms with E-state index >= 15 is 0 Å². The summed E-state index contributed by atoms with van der Waals surface area (Å²) in [6, 6.07) is 9.02. The van der Waals surface area contributed by atoms with Gasteiger partial charge in [0.2, 0.25) is 0 Å². The number of rotatable bonds is 8. The van der Waals surface area contributed by atoms with Gasteiger partial charge in [-0.2, -0.15) is 0 Å². The van der Waals surface area contributed by atoms with Crippen molar-refractivity contribution in [3.63, 3.8) is 0 Å². The van der Waals surface area contributed by atoms with Gasteiger partial charge in [-0.1, -0.05) is 57.5 Å². The van der Waals surface area contributed by atoms with Crippen LogP contribution in [0.15, 0.2) is 30.3 Å². The molecule has 1 aliphatic heterocycles. The molecule has 0 radical (unpaired) electrons. The van der Waals surface area contributed by atoms with E-state index in [1.165, 1.54) is 6.92 Å². The highest BCUT2D eigenvalue weighted by Gasteiger charge is 2.49. The van der Waals surface area contributed by atoms with Crippen LogP contribution in [0.5, 0.6) is 0 Å². The van der Waals surface area contributed by atoms with E-state index in [0.717, 1.165) is 31.2 Å². The molecule has 2 aliphatic rings. The van der Waals surface area contributed by atoms with Crippen LogP contribution >= 0.6 is 0 Å². The predicted octanol–water partition coefficient (Wildman–Crippen LogP) is 5.27. The normalized spacial score (nSPS) is 26.7. The lowest BCUT2D eigenvalue weighted by atomic mass is 9.75. The van der Waals surface area contributed by atoms with Crippen LogP contribution in [0.1, 0.15) is 71.8 Å². The van der Waals surface area contributed by atoms with Crippen LogP contribution in [0.2, 0.25) is 0 Å². The number of benzene rings is 1. The number of esters is 1. The van der Waals surface area contributed by atoms with Crippen molar-refractivity contribution in [2.24, 2.45) is 23.2 Å². The molecule has 2 unspecified atom stereocenters. The molecule has 1 N–H and O–H groups in total. The van der Waals surface area contributed by atoms with Crippen LogP contribution in [0.3, 0.4) is 0 Å². The van der Waals surface area contributed by atoms with E-state index < -0.39 is 23.4 Å². The average Bonchev–Trinajstić information content (AvgIpc) is 3.25. The molecule has 1 saturated heterocycles. The third-order valence-electron chi connectivity index (χ3n) is 7.60. The van der Waals surface area contributed by atoms with Crippen molar-refractivity contribution in [2.75, 3.05) is 6.54 Å². The van der Waals surface area contributed by atoms with Gasteiger partial charge < -0.3 is 19.5 Å².